The van der Waals surface area contributed by atoms with Crippen LogP contribution in [0.2, 0.25) is 0 Å². The van der Waals surface area contributed by atoms with E-state index in [1.54, 1.807) is 25.7 Å². The number of terminal acetylenes is 1. The predicted octanol–water partition coefficient (Wildman–Crippen LogP) is 11.7. The first-order valence-corrected chi connectivity index (χ1v) is 16.0. The molecule has 0 amide bonds. The molecule has 0 aliphatic heterocycles. The molecule has 212 valence electrons. The average molecular weight is 509 g/mol. The zero-order valence-electron chi connectivity index (χ0n) is 26.6. The number of hydrogen-bond acceptors (Lipinski definition) is 0. The highest BCUT2D eigenvalue weighted by Crippen LogP contribution is 2.63. The SMILES string of the molecule is C#Cc1ccc(C)c(C)c1.CC.CC(C1CC[C@H]2C3CCCC[C@H](C)CCCC3CCC12C)C(C)(C)C.[HH]. The second-order valence-electron chi connectivity index (χ2n) is 14.2. The number of rotatable bonds is 1. The third kappa shape index (κ3) is 8.13. The van der Waals surface area contributed by atoms with Crippen molar-refractivity contribution in [1.82, 2.24) is 0 Å². The standard InChI is InChI=1S/C25H46.C10H10.C2H6.H2/c1-18-10-7-8-13-21-20(12-9-11-18)16-17-25(6)22(14-15-23(21)25)19(2)24(3,4)5;1-4-10-6-5-8(2)9(3)7-10;1-2;/h18-23H,7-17H2,1-6H3;1,5-7H,2-3H3;1-2H3;1H/t18-,19?,20?,21?,22?,23-,25?;;;/m0.../s1. The van der Waals surface area contributed by atoms with E-state index in [9.17, 15) is 0 Å². The summed E-state index contributed by atoms with van der Waals surface area (Å²) in [6.45, 7) is 23.4. The highest BCUT2D eigenvalue weighted by molar-refractivity contribution is 5.38. The van der Waals surface area contributed by atoms with E-state index in [2.05, 4.69) is 61.3 Å². The first kappa shape index (κ1) is 32.0. The Kier molecular flexibility index (Phi) is 12.3. The minimum Gasteiger partial charge on any atom is -0.115 e. The third-order valence-corrected chi connectivity index (χ3v) is 11.1. The summed E-state index contributed by atoms with van der Waals surface area (Å²) in [6, 6.07) is 6.03. The van der Waals surface area contributed by atoms with E-state index in [1.807, 2.05) is 32.0 Å². The molecule has 0 nitrogen and oxygen atoms in total. The molecule has 1 aromatic rings. The van der Waals surface area contributed by atoms with Crippen molar-refractivity contribution in [3.05, 3.63) is 34.9 Å². The van der Waals surface area contributed by atoms with Crippen LogP contribution in [0.3, 0.4) is 0 Å². The molecule has 3 saturated carbocycles. The van der Waals surface area contributed by atoms with E-state index < -0.39 is 0 Å². The lowest BCUT2D eigenvalue weighted by Crippen LogP contribution is -2.44. The molecule has 0 saturated heterocycles. The van der Waals surface area contributed by atoms with Crippen LogP contribution in [0.25, 0.3) is 0 Å². The van der Waals surface area contributed by atoms with Crippen molar-refractivity contribution in [1.29, 1.82) is 0 Å². The maximum absolute atomic E-state index is 5.22. The lowest BCUT2D eigenvalue weighted by atomic mass is 9.53. The van der Waals surface area contributed by atoms with Crippen LogP contribution in [-0.4, -0.2) is 0 Å². The van der Waals surface area contributed by atoms with Gasteiger partial charge in [0.05, 0.1) is 0 Å². The van der Waals surface area contributed by atoms with E-state index >= 15 is 0 Å². The number of aryl methyl sites for hydroxylation is 2. The van der Waals surface area contributed by atoms with Gasteiger partial charge in [-0.2, -0.15) is 0 Å². The Morgan fingerprint density at radius 3 is 2.19 bits per heavy atom. The van der Waals surface area contributed by atoms with Crippen LogP contribution < -0.4 is 0 Å². The minimum atomic E-state index is 0. The van der Waals surface area contributed by atoms with Crippen LogP contribution in [0.15, 0.2) is 18.2 Å². The predicted molar refractivity (Wildman–Crippen MR) is 168 cm³/mol. The molecule has 0 radical (unpaired) electrons. The summed E-state index contributed by atoms with van der Waals surface area (Å²) in [5.41, 5.74) is 4.62. The van der Waals surface area contributed by atoms with Gasteiger partial charge in [0.1, 0.15) is 0 Å². The van der Waals surface area contributed by atoms with Crippen LogP contribution in [0.5, 0.6) is 0 Å². The van der Waals surface area contributed by atoms with Crippen LogP contribution in [-0.2, 0) is 0 Å². The Morgan fingerprint density at radius 1 is 0.919 bits per heavy atom. The smallest absolute Gasteiger partial charge is 0.0245 e. The maximum atomic E-state index is 5.22. The topological polar surface area (TPSA) is 0 Å². The molecular formula is C37H64. The fraction of sp³-hybridized carbons (Fsp3) is 0.784. The molecule has 0 bridgehead atoms. The molecular weight excluding hydrogens is 444 g/mol. The average Bonchev–Trinajstić information content (AvgIpc) is 3.22. The Labute approximate surface area is 234 Å². The molecule has 0 aromatic heterocycles. The molecule has 3 aliphatic rings. The van der Waals surface area contributed by atoms with Crippen LogP contribution in [0.1, 0.15) is 144 Å². The van der Waals surface area contributed by atoms with Gasteiger partial charge in [-0.15, -0.1) is 6.42 Å². The van der Waals surface area contributed by atoms with Gasteiger partial charge in [-0.25, -0.2) is 0 Å². The fourth-order valence-corrected chi connectivity index (χ4v) is 8.20. The van der Waals surface area contributed by atoms with Crippen molar-refractivity contribution >= 4 is 0 Å². The summed E-state index contributed by atoms with van der Waals surface area (Å²) in [6.07, 6.45) is 21.9. The zero-order valence-corrected chi connectivity index (χ0v) is 26.6. The molecule has 0 heteroatoms. The summed E-state index contributed by atoms with van der Waals surface area (Å²) in [4.78, 5) is 0. The van der Waals surface area contributed by atoms with E-state index in [1.165, 1.54) is 56.1 Å². The Hall–Kier alpha value is -1.22. The molecule has 5 unspecified atom stereocenters. The summed E-state index contributed by atoms with van der Waals surface area (Å²) in [7, 11) is 0. The fourth-order valence-electron chi connectivity index (χ4n) is 8.20. The molecule has 0 spiro atoms. The normalized spacial score (nSPS) is 32.7. The summed E-state index contributed by atoms with van der Waals surface area (Å²) < 4.78 is 0. The van der Waals surface area contributed by atoms with Gasteiger partial charge in [-0.05, 0) is 116 Å². The largest absolute Gasteiger partial charge is 0.115 e. The highest BCUT2D eigenvalue weighted by Gasteiger charge is 2.55. The molecule has 7 atom stereocenters. The quantitative estimate of drug-likeness (QED) is 0.331. The van der Waals surface area contributed by atoms with Crippen LogP contribution in [0.4, 0.5) is 0 Å². The van der Waals surface area contributed by atoms with Crippen molar-refractivity contribution < 1.29 is 1.43 Å². The summed E-state index contributed by atoms with van der Waals surface area (Å²) in [5.74, 6) is 8.56. The van der Waals surface area contributed by atoms with E-state index in [4.69, 9.17) is 6.42 Å². The first-order valence-electron chi connectivity index (χ1n) is 16.0. The summed E-state index contributed by atoms with van der Waals surface area (Å²) >= 11 is 0. The molecule has 4 rings (SSSR count). The molecule has 1 aromatic carbocycles. The van der Waals surface area contributed by atoms with Crippen molar-refractivity contribution in [3.8, 4) is 12.3 Å². The molecule has 0 heterocycles. The monoisotopic (exact) mass is 509 g/mol. The van der Waals surface area contributed by atoms with Gasteiger partial charge in [-0.3, -0.25) is 0 Å². The highest BCUT2D eigenvalue weighted by atomic mass is 14.6. The molecule has 3 aliphatic carbocycles. The van der Waals surface area contributed by atoms with Gasteiger partial charge in [0, 0.05) is 6.99 Å². The number of benzene rings is 1. The van der Waals surface area contributed by atoms with E-state index in [0.717, 1.165) is 41.1 Å². The second-order valence-corrected chi connectivity index (χ2v) is 14.2. The lowest BCUT2D eigenvalue weighted by molar-refractivity contribution is -0.0276. The minimum absolute atomic E-state index is 0. The molecule has 3 fully saturated rings. The van der Waals surface area contributed by atoms with Crippen molar-refractivity contribution in [3.63, 3.8) is 0 Å². The number of fused-ring (bicyclic) bond motifs is 3. The second kappa shape index (κ2) is 14.2. The Morgan fingerprint density at radius 2 is 1.57 bits per heavy atom. The van der Waals surface area contributed by atoms with Gasteiger partial charge in [-0.1, -0.05) is 106 Å². The number of hydrogen-bond donors (Lipinski definition) is 0. The van der Waals surface area contributed by atoms with Gasteiger partial charge in [0.2, 0.25) is 0 Å². The molecule has 0 N–H and O–H groups in total. The Bertz CT molecular complexity index is 854. The third-order valence-electron chi connectivity index (χ3n) is 11.1. The van der Waals surface area contributed by atoms with Gasteiger partial charge in [0.25, 0.3) is 0 Å². The Balaban J connectivity index is 0.000000468. The molecule has 37 heavy (non-hydrogen) atoms. The van der Waals surface area contributed by atoms with Crippen molar-refractivity contribution in [2.45, 2.75) is 140 Å². The lowest BCUT2D eigenvalue weighted by Gasteiger charge is -2.52. The van der Waals surface area contributed by atoms with Gasteiger partial charge >= 0.3 is 0 Å². The van der Waals surface area contributed by atoms with Crippen LogP contribution >= 0.6 is 0 Å². The first-order chi connectivity index (χ1) is 17.5. The summed E-state index contributed by atoms with van der Waals surface area (Å²) in [5, 5.41) is 0. The van der Waals surface area contributed by atoms with Crippen molar-refractivity contribution in [2.75, 3.05) is 0 Å². The van der Waals surface area contributed by atoms with Gasteiger partial charge < -0.3 is 0 Å². The van der Waals surface area contributed by atoms with E-state index in [0.29, 0.717) is 10.8 Å². The maximum Gasteiger partial charge on any atom is 0.0245 e. The van der Waals surface area contributed by atoms with Gasteiger partial charge in [0.15, 0.2) is 0 Å². The van der Waals surface area contributed by atoms with Crippen LogP contribution in [0, 0.1) is 72.5 Å². The zero-order chi connectivity index (χ0) is 27.8. The van der Waals surface area contributed by atoms with Crippen molar-refractivity contribution in [2.24, 2.45) is 46.3 Å². The van der Waals surface area contributed by atoms with E-state index in [-0.39, 0.29) is 1.43 Å².